The molecule has 0 radical (unpaired) electrons. The molecule has 1 atom stereocenters. The quantitative estimate of drug-likeness (QED) is 0.645. The molecule has 0 aliphatic heterocycles. The summed E-state index contributed by atoms with van der Waals surface area (Å²) in [5.74, 6) is 0.432. The van der Waals surface area contributed by atoms with Gasteiger partial charge in [-0.05, 0) is 29.8 Å². The van der Waals surface area contributed by atoms with Crippen LogP contribution in [0.4, 0.5) is 0 Å². The van der Waals surface area contributed by atoms with Gasteiger partial charge in [-0.15, -0.1) is 0 Å². The molecule has 0 aliphatic rings. The Bertz CT molecular complexity index is 829. The van der Waals surface area contributed by atoms with E-state index in [1.54, 1.807) is 7.11 Å². The smallest absolute Gasteiger partial charge is 0.255 e. The molecule has 0 bridgehead atoms. The lowest BCUT2D eigenvalue weighted by atomic mass is 10.1. The molecule has 25 heavy (non-hydrogen) atoms. The number of aromatic amines is 1. The fourth-order valence-corrected chi connectivity index (χ4v) is 2.59. The fraction of sp³-hybridized carbons (Fsp3) is 0.158. The number of carbonyl (C=O) groups excluding carboxylic acids is 1. The van der Waals surface area contributed by atoms with E-state index < -0.39 is 6.04 Å². The van der Waals surface area contributed by atoms with E-state index in [1.807, 2.05) is 54.6 Å². The van der Waals surface area contributed by atoms with Gasteiger partial charge in [0.2, 0.25) is 0 Å². The number of hydrogen-bond acceptors (Lipinski definition) is 4. The number of aromatic nitrogens is 2. The third kappa shape index (κ3) is 3.70. The van der Waals surface area contributed by atoms with Gasteiger partial charge in [-0.1, -0.05) is 30.3 Å². The Hall–Kier alpha value is -3.12. The van der Waals surface area contributed by atoms with Crippen molar-refractivity contribution in [3.63, 3.8) is 0 Å². The van der Waals surface area contributed by atoms with Crippen LogP contribution in [0.15, 0.2) is 60.8 Å². The SMILES string of the molecule is COc1ccc(-c2[nH]ncc2C(=O)N[C@H](CO)c2ccccc2)cc1. The summed E-state index contributed by atoms with van der Waals surface area (Å²) in [5, 5.41) is 19.3. The van der Waals surface area contributed by atoms with Gasteiger partial charge in [0.05, 0.1) is 37.2 Å². The van der Waals surface area contributed by atoms with E-state index in [4.69, 9.17) is 4.74 Å². The molecule has 3 aromatic rings. The number of nitrogens with zero attached hydrogens (tertiary/aromatic N) is 1. The summed E-state index contributed by atoms with van der Waals surface area (Å²) in [6.07, 6.45) is 1.48. The van der Waals surface area contributed by atoms with Crippen molar-refractivity contribution in [1.82, 2.24) is 15.5 Å². The van der Waals surface area contributed by atoms with Crippen molar-refractivity contribution in [2.75, 3.05) is 13.7 Å². The van der Waals surface area contributed by atoms with Gasteiger partial charge in [0.15, 0.2) is 0 Å². The molecule has 1 amide bonds. The van der Waals surface area contributed by atoms with Gasteiger partial charge in [-0.3, -0.25) is 9.89 Å². The van der Waals surface area contributed by atoms with E-state index in [-0.39, 0.29) is 12.5 Å². The molecule has 1 heterocycles. The van der Waals surface area contributed by atoms with E-state index in [2.05, 4.69) is 15.5 Å². The fourth-order valence-electron chi connectivity index (χ4n) is 2.59. The Morgan fingerprint density at radius 2 is 1.92 bits per heavy atom. The van der Waals surface area contributed by atoms with Gasteiger partial charge < -0.3 is 15.2 Å². The van der Waals surface area contributed by atoms with Crippen LogP contribution in [0.5, 0.6) is 5.75 Å². The lowest BCUT2D eigenvalue weighted by molar-refractivity contribution is 0.0917. The van der Waals surface area contributed by atoms with Crippen LogP contribution >= 0.6 is 0 Å². The van der Waals surface area contributed by atoms with Crippen molar-refractivity contribution in [3.8, 4) is 17.0 Å². The first-order valence-electron chi connectivity index (χ1n) is 7.87. The third-order valence-electron chi connectivity index (χ3n) is 3.95. The van der Waals surface area contributed by atoms with Crippen LogP contribution in [0.25, 0.3) is 11.3 Å². The zero-order chi connectivity index (χ0) is 17.6. The highest BCUT2D eigenvalue weighted by molar-refractivity contribution is 6.00. The minimum Gasteiger partial charge on any atom is -0.497 e. The number of H-pyrrole nitrogens is 1. The van der Waals surface area contributed by atoms with Crippen molar-refractivity contribution in [2.45, 2.75) is 6.04 Å². The van der Waals surface area contributed by atoms with Crippen molar-refractivity contribution >= 4 is 5.91 Å². The number of carbonyl (C=O) groups is 1. The Labute approximate surface area is 145 Å². The molecule has 6 nitrogen and oxygen atoms in total. The molecular formula is C19H19N3O3. The van der Waals surface area contributed by atoms with Crippen LogP contribution in [0, 0.1) is 0 Å². The second kappa shape index (κ2) is 7.63. The maximum absolute atomic E-state index is 12.7. The average molecular weight is 337 g/mol. The molecule has 0 fully saturated rings. The number of aliphatic hydroxyl groups is 1. The van der Waals surface area contributed by atoms with Crippen LogP contribution in [-0.4, -0.2) is 34.9 Å². The molecule has 0 saturated carbocycles. The van der Waals surface area contributed by atoms with Crippen LogP contribution in [0.3, 0.4) is 0 Å². The number of benzene rings is 2. The summed E-state index contributed by atoms with van der Waals surface area (Å²) >= 11 is 0. The standard InChI is InChI=1S/C19H19N3O3/c1-25-15-9-7-14(8-10-15)18-16(11-20-22-18)19(24)21-17(12-23)13-5-3-2-4-6-13/h2-11,17,23H,12H2,1H3,(H,20,22)(H,21,24)/t17-/m1/s1. The van der Waals surface area contributed by atoms with Gasteiger partial charge in [0.25, 0.3) is 5.91 Å². The summed E-state index contributed by atoms with van der Waals surface area (Å²) in [6, 6.07) is 16.2. The second-order valence-corrected chi connectivity index (χ2v) is 5.51. The molecular weight excluding hydrogens is 318 g/mol. The molecule has 2 aromatic carbocycles. The first-order valence-corrected chi connectivity index (χ1v) is 7.87. The van der Waals surface area contributed by atoms with Gasteiger partial charge in [-0.2, -0.15) is 5.10 Å². The number of ether oxygens (including phenoxy) is 1. The summed E-state index contributed by atoms with van der Waals surface area (Å²) < 4.78 is 5.15. The van der Waals surface area contributed by atoms with Crippen molar-refractivity contribution in [1.29, 1.82) is 0 Å². The summed E-state index contributed by atoms with van der Waals surface area (Å²) in [7, 11) is 1.60. The van der Waals surface area contributed by atoms with E-state index >= 15 is 0 Å². The van der Waals surface area contributed by atoms with E-state index in [9.17, 15) is 9.90 Å². The van der Waals surface area contributed by atoms with E-state index in [1.165, 1.54) is 6.20 Å². The van der Waals surface area contributed by atoms with Crippen molar-refractivity contribution in [2.24, 2.45) is 0 Å². The average Bonchev–Trinajstić information content (AvgIpc) is 3.16. The van der Waals surface area contributed by atoms with Gasteiger partial charge in [0, 0.05) is 5.56 Å². The Kier molecular flexibility index (Phi) is 5.11. The van der Waals surface area contributed by atoms with Crippen LogP contribution in [-0.2, 0) is 0 Å². The maximum Gasteiger partial charge on any atom is 0.255 e. The van der Waals surface area contributed by atoms with Gasteiger partial charge >= 0.3 is 0 Å². The molecule has 0 spiro atoms. The number of nitrogens with one attached hydrogen (secondary N) is 2. The second-order valence-electron chi connectivity index (χ2n) is 5.51. The van der Waals surface area contributed by atoms with E-state index in [0.29, 0.717) is 11.3 Å². The topological polar surface area (TPSA) is 87.2 Å². The first kappa shape index (κ1) is 16.7. The van der Waals surface area contributed by atoms with Crippen molar-refractivity contribution < 1.29 is 14.6 Å². The van der Waals surface area contributed by atoms with Gasteiger partial charge in [-0.25, -0.2) is 0 Å². The predicted molar refractivity (Wildman–Crippen MR) is 94.3 cm³/mol. The number of amides is 1. The normalized spacial score (nSPS) is 11.8. The molecule has 3 N–H and O–H groups in total. The molecule has 0 aliphatic carbocycles. The van der Waals surface area contributed by atoms with Crippen LogP contribution in [0.1, 0.15) is 22.0 Å². The highest BCUT2D eigenvalue weighted by Gasteiger charge is 2.19. The minimum absolute atomic E-state index is 0.189. The monoisotopic (exact) mass is 337 g/mol. The lowest BCUT2D eigenvalue weighted by Gasteiger charge is -2.16. The Morgan fingerprint density at radius 3 is 2.56 bits per heavy atom. The molecule has 128 valence electrons. The summed E-state index contributed by atoms with van der Waals surface area (Å²) in [6.45, 7) is -0.189. The Morgan fingerprint density at radius 1 is 1.20 bits per heavy atom. The number of methoxy groups -OCH3 is 1. The van der Waals surface area contributed by atoms with Gasteiger partial charge in [0.1, 0.15) is 5.75 Å². The molecule has 0 saturated heterocycles. The molecule has 3 rings (SSSR count). The highest BCUT2D eigenvalue weighted by Crippen LogP contribution is 2.24. The summed E-state index contributed by atoms with van der Waals surface area (Å²) in [4.78, 5) is 12.7. The largest absolute Gasteiger partial charge is 0.497 e. The third-order valence-corrected chi connectivity index (χ3v) is 3.95. The number of hydrogen-bond donors (Lipinski definition) is 3. The van der Waals surface area contributed by atoms with Crippen molar-refractivity contribution in [3.05, 3.63) is 71.9 Å². The molecule has 1 aromatic heterocycles. The van der Waals surface area contributed by atoms with Crippen LogP contribution < -0.4 is 10.1 Å². The highest BCUT2D eigenvalue weighted by atomic mass is 16.5. The lowest BCUT2D eigenvalue weighted by Crippen LogP contribution is -2.30. The van der Waals surface area contributed by atoms with E-state index in [0.717, 1.165) is 16.9 Å². The minimum atomic E-state index is -0.479. The zero-order valence-corrected chi connectivity index (χ0v) is 13.8. The summed E-state index contributed by atoms with van der Waals surface area (Å²) in [5.41, 5.74) is 2.70. The first-order chi connectivity index (χ1) is 12.2. The Balaban J connectivity index is 1.82. The number of aliphatic hydroxyl groups excluding tert-OH is 1. The molecule has 0 unspecified atom stereocenters. The van der Waals surface area contributed by atoms with Crippen LogP contribution in [0.2, 0.25) is 0 Å². The molecule has 6 heteroatoms. The zero-order valence-electron chi connectivity index (χ0n) is 13.8. The predicted octanol–water partition coefficient (Wildman–Crippen LogP) is 2.55. The number of rotatable bonds is 6. The maximum atomic E-state index is 12.7.